The van der Waals surface area contributed by atoms with Crippen LogP contribution in [0.5, 0.6) is 0 Å². The Kier molecular flexibility index (Phi) is 3.97. The highest BCUT2D eigenvalue weighted by atomic mass is 35.5. The van der Waals surface area contributed by atoms with Crippen LogP contribution in [0.3, 0.4) is 0 Å². The molecule has 0 radical (unpaired) electrons. The Morgan fingerprint density at radius 1 is 1.53 bits per heavy atom. The molecule has 1 saturated heterocycles. The maximum atomic E-state index is 13.3. The van der Waals surface area contributed by atoms with Crippen LogP contribution in [-0.4, -0.2) is 25.5 Å². The first-order valence-electron chi connectivity index (χ1n) is 5.59. The third-order valence-corrected chi connectivity index (χ3v) is 3.09. The van der Waals surface area contributed by atoms with Crippen molar-refractivity contribution in [3.05, 3.63) is 34.6 Å². The first-order valence-corrected chi connectivity index (χ1v) is 5.97. The molecular weight excluding hydrogens is 243 g/mol. The molecule has 1 amide bonds. The number of rotatable bonds is 4. The molecule has 2 rings (SSSR count). The molecule has 92 valence electrons. The summed E-state index contributed by atoms with van der Waals surface area (Å²) in [6.07, 6.45) is 0.457. The van der Waals surface area contributed by atoms with E-state index in [0.29, 0.717) is 23.6 Å². The van der Waals surface area contributed by atoms with E-state index in [1.165, 1.54) is 12.1 Å². The van der Waals surface area contributed by atoms with Crippen LogP contribution in [0.4, 0.5) is 4.39 Å². The molecular formula is C12H14ClFN2O. The van der Waals surface area contributed by atoms with Crippen LogP contribution in [-0.2, 0) is 11.2 Å². The number of carbonyl (C=O) groups is 1. The summed E-state index contributed by atoms with van der Waals surface area (Å²) in [6, 6.07) is 4.45. The molecule has 0 aromatic heterocycles. The van der Waals surface area contributed by atoms with Crippen LogP contribution in [0.15, 0.2) is 18.2 Å². The molecule has 3 nitrogen and oxygen atoms in total. The van der Waals surface area contributed by atoms with Crippen LogP contribution >= 0.6 is 11.6 Å². The predicted octanol–water partition coefficient (Wildman–Crippen LogP) is 1.36. The molecule has 1 aromatic carbocycles. The lowest BCUT2D eigenvalue weighted by Crippen LogP contribution is -2.51. The van der Waals surface area contributed by atoms with Gasteiger partial charge >= 0.3 is 0 Å². The Morgan fingerprint density at radius 2 is 2.29 bits per heavy atom. The second-order valence-electron chi connectivity index (χ2n) is 4.13. The van der Waals surface area contributed by atoms with Gasteiger partial charge in [-0.1, -0.05) is 11.6 Å². The maximum Gasteiger partial charge on any atom is 0.225 e. The highest BCUT2D eigenvalue weighted by molar-refractivity contribution is 6.30. The average molecular weight is 257 g/mol. The van der Waals surface area contributed by atoms with E-state index >= 15 is 0 Å². The molecule has 1 fully saturated rings. The summed E-state index contributed by atoms with van der Waals surface area (Å²) in [5.41, 5.74) is 0.532. The van der Waals surface area contributed by atoms with Crippen molar-refractivity contribution in [2.45, 2.75) is 6.42 Å². The van der Waals surface area contributed by atoms with Gasteiger partial charge in [0.2, 0.25) is 5.91 Å². The van der Waals surface area contributed by atoms with Gasteiger partial charge in [0.05, 0.1) is 5.92 Å². The minimum atomic E-state index is -0.283. The van der Waals surface area contributed by atoms with Gasteiger partial charge in [-0.05, 0) is 30.2 Å². The van der Waals surface area contributed by atoms with E-state index in [1.807, 2.05) is 0 Å². The maximum absolute atomic E-state index is 13.3. The van der Waals surface area contributed by atoms with E-state index in [0.717, 1.165) is 13.1 Å². The van der Waals surface area contributed by atoms with Crippen LogP contribution in [0.25, 0.3) is 0 Å². The van der Waals surface area contributed by atoms with Crippen molar-refractivity contribution >= 4 is 17.5 Å². The zero-order valence-electron chi connectivity index (χ0n) is 9.30. The fraction of sp³-hybridized carbons (Fsp3) is 0.417. The summed E-state index contributed by atoms with van der Waals surface area (Å²) in [7, 11) is 0. The third kappa shape index (κ3) is 3.17. The van der Waals surface area contributed by atoms with Gasteiger partial charge in [-0.25, -0.2) is 4.39 Å². The van der Waals surface area contributed by atoms with Gasteiger partial charge in [0.1, 0.15) is 5.82 Å². The van der Waals surface area contributed by atoms with Crippen LogP contribution in [0, 0.1) is 11.7 Å². The van der Waals surface area contributed by atoms with Crippen molar-refractivity contribution in [1.29, 1.82) is 0 Å². The lowest BCUT2D eigenvalue weighted by molar-refractivity contribution is -0.126. The van der Waals surface area contributed by atoms with E-state index in [4.69, 9.17) is 11.6 Å². The monoisotopic (exact) mass is 256 g/mol. The zero-order valence-corrected chi connectivity index (χ0v) is 10.1. The number of nitrogens with one attached hydrogen (secondary N) is 2. The lowest BCUT2D eigenvalue weighted by Gasteiger charge is -2.25. The van der Waals surface area contributed by atoms with Crippen molar-refractivity contribution < 1.29 is 9.18 Å². The summed E-state index contributed by atoms with van der Waals surface area (Å²) in [4.78, 5) is 11.5. The second kappa shape index (κ2) is 5.47. The average Bonchev–Trinajstić information content (AvgIpc) is 2.20. The van der Waals surface area contributed by atoms with E-state index < -0.39 is 0 Å². The Morgan fingerprint density at radius 3 is 2.94 bits per heavy atom. The first kappa shape index (κ1) is 12.3. The van der Waals surface area contributed by atoms with E-state index in [2.05, 4.69) is 10.6 Å². The number of halogens is 2. The summed E-state index contributed by atoms with van der Waals surface area (Å²) in [5, 5.41) is 6.33. The minimum absolute atomic E-state index is 0.0335. The molecule has 1 aliphatic heterocycles. The molecule has 0 saturated carbocycles. The molecule has 0 bridgehead atoms. The molecule has 0 aliphatic carbocycles. The summed E-state index contributed by atoms with van der Waals surface area (Å²) in [6.45, 7) is 1.90. The lowest BCUT2D eigenvalue weighted by atomic mass is 10.0. The van der Waals surface area contributed by atoms with Crippen molar-refractivity contribution in [2.24, 2.45) is 5.92 Å². The molecule has 0 spiro atoms. The number of carbonyl (C=O) groups excluding carboxylic acids is 1. The first-order chi connectivity index (χ1) is 8.16. The van der Waals surface area contributed by atoms with Gasteiger partial charge in [-0.2, -0.15) is 0 Å². The van der Waals surface area contributed by atoms with Crippen LogP contribution in [0.2, 0.25) is 5.02 Å². The highest BCUT2D eigenvalue weighted by Gasteiger charge is 2.24. The summed E-state index contributed by atoms with van der Waals surface area (Å²) in [5.74, 6) is -0.181. The standard InChI is InChI=1S/C12H14ClFN2O/c13-10-1-2-11(14)8(5-10)3-4-16-12(17)9-6-15-7-9/h1-2,5,9,15H,3-4,6-7H2,(H,16,17). The molecule has 1 aliphatic rings. The number of benzene rings is 1. The number of amides is 1. The van der Waals surface area contributed by atoms with E-state index in [-0.39, 0.29) is 17.6 Å². The number of hydrogen-bond acceptors (Lipinski definition) is 2. The molecule has 0 atom stereocenters. The van der Waals surface area contributed by atoms with Crippen LogP contribution in [0.1, 0.15) is 5.56 Å². The van der Waals surface area contributed by atoms with Crippen molar-refractivity contribution in [2.75, 3.05) is 19.6 Å². The van der Waals surface area contributed by atoms with Gasteiger partial charge in [-0.3, -0.25) is 4.79 Å². The third-order valence-electron chi connectivity index (χ3n) is 2.85. The Bertz CT molecular complexity index is 421. The normalized spacial score (nSPS) is 15.4. The Hall–Kier alpha value is -1.13. The molecule has 17 heavy (non-hydrogen) atoms. The van der Waals surface area contributed by atoms with Crippen molar-refractivity contribution in [3.8, 4) is 0 Å². The van der Waals surface area contributed by atoms with Gasteiger partial charge in [0.15, 0.2) is 0 Å². The SMILES string of the molecule is O=C(NCCc1cc(Cl)ccc1F)C1CNC1. The quantitative estimate of drug-likeness (QED) is 0.854. The predicted molar refractivity (Wildman–Crippen MR) is 64.5 cm³/mol. The fourth-order valence-corrected chi connectivity index (χ4v) is 1.87. The van der Waals surface area contributed by atoms with E-state index in [1.54, 1.807) is 6.07 Å². The highest BCUT2D eigenvalue weighted by Crippen LogP contribution is 2.15. The largest absolute Gasteiger partial charge is 0.355 e. The van der Waals surface area contributed by atoms with E-state index in [9.17, 15) is 9.18 Å². The van der Waals surface area contributed by atoms with Gasteiger partial charge in [0.25, 0.3) is 0 Å². The van der Waals surface area contributed by atoms with Crippen molar-refractivity contribution in [3.63, 3.8) is 0 Å². The molecule has 1 aromatic rings. The van der Waals surface area contributed by atoms with Crippen LogP contribution < -0.4 is 10.6 Å². The van der Waals surface area contributed by atoms with Crippen molar-refractivity contribution in [1.82, 2.24) is 10.6 Å². The number of hydrogen-bond donors (Lipinski definition) is 2. The summed E-state index contributed by atoms with van der Waals surface area (Å²) < 4.78 is 13.3. The second-order valence-corrected chi connectivity index (χ2v) is 4.57. The molecule has 5 heteroatoms. The molecule has 1 heterocycles. The van der Waals surface area contributed by atoms with Gasteiger partial charge in [0, 0.05) is 24.7 Å². The molecule has 2 N–H and O–H groups in total. The Balaban J connectivity index is 1.81. The summed E-state index contributed by atoms with van der Waals surface area (Å²) >= 11 is 5.78. The fourth-order valence-electron chi connectivity index (χ4n) is 1.67. The smallest absolute Gasteiger partial charge is 0.225 e. The van der Waals surface area contributed by atoms with Gasteiger partial charge < -0.3 is 10.6 Å². The Labute approximate surface area is 104 Å². The zero-order chi connectivity index (χ0) is 12.3. The molecule has 0 unspecified atom stereocenters. The minimum Gasteiger partial charge on any atom is -0.355 e. The topological polar surface area (TPSA) is 41.1 Å². The van der Waals surface area contributed by atoms with Gasteiger partial charge in [-0.15, -0.1) is 0 Å².